The van der Waals surface area contributed by atoms with E-state index in [2.05, 4.69) is 10.6 Å². The summed E-state index contributed by atoms with van der Waals surface area (Å²) >= 11 is 0. The third kappa shape index (κ3) is 7.52. The fourth-order valence-electron chi connectivity index (χ4n) is 2.96. The van der Waals surface area contributed by atoms with Gasteiger partial charge < -0.3 is 20.5 Å². The Morgan fingerprint density at radius 3 is 2.75 bits per heavy atom. The summed E-state index contributed by atoms with van der Waals surface area (Å²) in [5.41, 5.74) is 0.831. The molecule has 0 aromatic heterocycles. The average molecular weight is 388 g/mol. The van der Waals surface area contributed by atoms with Gasteiger partial charge in [-0.05, 0) is 24.8 Å². The zero-order valence-corrected chi connectivity index (χ0v) is 15.9. The molecule has 0 unspecified atom stereocenters. The molecule has 0 fully saturated rings. The molecular formula is C21H28N2O5. The van der Waals surface area contributed by atoms with Gasteiger partial charge in [0.25, 0.3) is 0 Å². The number of hydrogen-bond acceptors (Lipinski definition) is 5. The van der Waals surface area contributed by atoms with E-state index in [1.165, 1.54) is 0 Å². The van der Waals surface area contributed by atoms with Crippen molar-refractivity contribution < 1.29 is 24.2 Å². The first-order valence-corrected chi connectivity index (χ1v) is 9.63. The number of aliphatic hydroxyl groups excluding tert-OH is 1. The summed E-state index contributed by atoms with van der Waals surface area (Å²) in [6, 6.07) is 8.82. The standard InChI is InChI=1S/C21H28N2O5/c24-13-12-22-19(25)14-17-10-4-1-2-7-11-20(26)28-15-18(23-21(17)27)16-8-5-3-6-9-16/h1,3-6,8-9,17-18,24H,2,7,10-15H2,(H,22,25)(H,23,27)/b4-1-/t17-,18-/m0/s1. The summed E-state index contributed by atoms with van der Waals surface area (Å²) in [6.45, 7) is 0.0565. The molecule has 0 radical (unpaired) electrons. The van der Waals surface area contributed by atoms with Crippen molar-refractivity contribution in [2.45, 2.75) is 38.1 Å². The normalized spacial score (nSPS) is 22.6. The van der Waals surface area contributed by atoms with Crippen LogP contribution in [0.3, 0.4) is 0 Å². The first kappa shape index (κ1) is 21.6. The highest BCUT2D eigenvalue weighted by molar-refractivity contribution is 5.86. The fraction of sp³-hybridized carbons (Fsp3) is 0.476. The van der Waals surface area contributed by atoms with Crippen molar-refractivity contribution in [3.8, 4) is 0 Å². The van der Waals surface area contributed by atoms with Crippen molar-refractivity contribution in [2.75, 3.05) is 19.8 Å². The molecule has 7 nitrogen and oxygen atoms in total. The Morgan fingerprint density at radius 2 is 2.00 bits per heavy atom. The lowest BCUT2D eigenvalue weighted by molar-refractivity contribution is -0.145. The zero-order chi connectivity index (χ0) is 20.2. The average Bonchev–Trinajstić information content (AvgIpc) is 2.72. The molecular weight excluding hydrogens is 360 g/mol. The minimum atomic E-state index is -0.544. The summed E-state index contributed by atoms with van der Waals surface area (Å²) in [5, 5.41) is 14.4. The first-order chi connectivity index (χ1) is 13.6. The predicted octanol–water partition coefficient (Wildman–Crippen LogP) is 1.63. The van der Waals surface area contributed by atoms with Gasteiger partial charge in [-0.15, -0.1) is 0 Å². The van der Waals surface area contributed by atoms with E-state index in [1.807, 2.05) is 42.5 Å². The second-order valence-electron chi connectivity index (χ2n) is 6.73. The van der Waals surface area contributed by atoms with Gasteiger partial charge in [0.2, 0.25) is 11.8 Å². The van der Waals surface area contributed by atoms with E-state index in [1.54, 1.807) is 0 Å². The van der Waals surface area contributed by atoms with E-state index >= 15 is 0 Å². The molecule has 0 aliphatic carbocycles. The summed E-state index contributed by atoms with van der Waals surface area (Å²) in [6.07, 6.45) is 5.96. The number of ether oxygens (including phenoxy) is 1. The molecule has 2 atom stereocenters. The van der Waals surface area contributed by atoms with Crippen LogP contribution in [0.25, 0.3) is 0 Å². The van der Waals surface area contributed by atoms with Crippen molar-refractivity contribution in [1.82, 2.24) is 10.6 Å². The first-order valence-electron chi connectivity index (χ1n) is 9.63. The molecule has 2 rings (SSSR count). The lowest BCUT2D eigenvalue weighted by atomic mass is 9.97. The van der Waals surface area contributed by atoms with Crippen molar-refractivity contribution in [1.29, 1.82) is 0 Å². The molecule has 28 heavy (non-hydrogen) atoms. The van der Waals surface area contributed by atoms with E-state index in [0.717, 1.165) is 5.56 Å². The molecule has 1 heterocycles. The topological polar surface area (TPSA) is 105 Å². The molecule has 7 heteroatoms. The molecule has 0 saturated heterocycles. The van der Waals surface area contributed by atoms with Gasteiger partial charge in [-0.3, -0.25) is 14.4 Å². The van der Waals surface area contributed by atoms with Gasteiger partial charge in [-0.25, -0.2) is 0 Å². The molecule has 1 aliphatic rings. The maximum absolute atomic E-state index is 12.9. The van der Waals surface area contributed by atoms with Crippen molar-refractivity contribution in [3.63, 3.8) is 0 Å². The third-order valence-corrected chi connectivity index (χ3v) is 4.50. The quantitative estimate of drug-likeness (QED) is 0.525. The maximum atomic E-state index is 12.9. The molecule has 1 aliphatic heterocycles. The SMILES string of the molecule is O=C(C[C@@H]1C/C=C\CCCC(=O)OC[C@@H](c2ccccc2)NC1=O)NCCO. The number of amides is 2. The minimum absolute atomic E-state index is 0.0253. The van der Waals surface area contributed by atoms with Crippen LogP contribution in [-0.2, 0) is 19.1 Å². The number of esters is 1. The lowest BCUT2D eigenvalue weighted by Gasteiger charge is -2.22. The molecule has 0 saturated carbocycles. The number of cyclic esters (lactones) is 1. The summed E-state index contributed by atoms with van der Waals surface area (Å²) in [7, 11) is 0. The zero-order valence-electron chi connectivity index (χ0n) is 15.9. The van der Waals surface area contributed by atoms with Crippen LogP contribution in [0.15, 0.2) is 42.5 Å². The fourth-order valence-corrected chi connectivity index (χ4v) is 2.96. The van der Waals surface area contributed by atoms with E-state index in [-0.39, 0.29) is 44.0 Å². The van der Waals surface area contributed by atoms with Crippen molar-refractivity contribution in [2.24, 2.45) is 5.92 Å². The van der Waals surface area contributed by atoms with Gasteiger partial charge in [0, 0.05) is 19.4 Å². The van der Waals surface area contributed by atoms with Crippen LogP contribution in [0, 0.1) is 5.92 Å². The Kier molecular flexibility index (Phi) is 9.21. The maximum Gasteiger partial charge on any atom is 0.305 e. The summed E-state index contributed by atoms with van der Waals surface area (Å²) in [4.78, 5) is 36.8. The predicted molar refractivity (Wildman–Crippen MR) is 104 cm³/mol. The highest BCUT2D eigenvalue weighted by atomic mass is 16.5. The number of aliphatic hydroxyl groups is 1. The Morgan fingerprint density at radius 1 is 1.21 bits per heavy atom. The van der Waals surface area contributed by atoms with Gasteiger partial charge >= 0.3 is 5.97 Å². The number of nitrogens with one attached hydrogen (secondary N) is 2. The Balaban J connectivity index is 2.15. The van der Waals surface area contributed by atoms with E-state index in [9.17, 15) is 14.4 Å². The van der Waals surface area contributed by atoms with Crippen LogP contribution >= 0.6 is 0 Å². The number of benzene rings is 1. The van der Waals surface area contributed by atoms with E-state index in [0.29, 0.717) is 25.7 Å². The smallest absolute Gasteiger partial charge is 0.305 e. The molecule has 2 amide bonds. The van der Waals surface area contributed by atoms with Crippen LogP contribution in [-0.4, -0.2) is 42.6 Å². The highest BCUT2D eigenvalue weighted by Gasteiger charge is 2.25. The molecule has 1 aromatic rings. The van der Waals surface area contributed by atoms with Gasteiger partial charge in [0.1, 0.15) is 6.61 Å². The summed E-state index contributed by atoms with van der Waals surface area (Å²) < 4.78 is 5.36. The molecule has 0 spiro atoms. The lowest BCUT2D eigenvalue weighted by Crippen LogP contribution is -2.39. The Bertz CT molecular complexity index is 675. The van der Waals surface area contributed by atoms with Crippen LogP contribution in [0.2, 0.25) is 0 Å². The molecule has 152 valence electrons. The van der Waals surface area contributed by atoms with E-state index in [4.69, 9.17) is 9.84 Å². The van der Waals surface area contributed by atoms with Crippen LogP contribution in [0.5, 0.6) is 0 Å². The van der Waals surface area contributed by atoms with Gasteiger partial charge in [-0.1, -0.05) is 42.5 Å². The highest BCUT2D eigenvalue weighted by Crippen LogP contribution is 2.18. The van der Waals surface area contributed by atoms with Gasteiger partial charge in [-0.2, -0.15) is 0 Å². The number of hydrogen-bond donors (Lipinski definition) is 3. The largest absolute Gasteiger partial charge is 0.463 e. The molecule has 0 bridgehead atoms. The molecule has 1 aromatic carbocycles. The van der Waals surface area contributed by atoms with Crippen LogP contribution in [0.1, 0.15) is 43.7 Å². The number of rotatable bonds is 5. The third-order valence-electron chi connectivity index (χ3n) is 4.50. The van der Waals surface area contributed by atoms with Crippen LogP contribution < -0.4 is 10.6 Å². The minimum Gasteiger partial charge on any atom is -0.463 e. The van der Waals surface area contributed by atoms with Crippen molar-refractivity contribution in [3.05, 3.63) is 48.0 Å². The van der Waals surface area contributed by atoms with Crippen molar-refractivity contribution >= 4 is 17.8 Å². The van der Waals surface area contributed by atoms with Crippen LogP contribution in [0.4, 0.5) is 0 Å². The number of carbonyl (C=O) groups is 3. The van der Waals surface area contributed by atoms with Gasteiger partial charge in [0.05, 0.1) is 18.6 Å². The Hall–Kier alpha value is -2.67. The molecule has 3 N–H and O–H groups in total. The second kappa shape index (κ2) is 11.9. The van der Waals surface area contributed by atoms with Gasteiger partial charge in [0.15, 0.2) is 0 Å². The monoisotopic (exact) mass is 388 g/mol. The number of allylic oxidation sites excluding steroid dienone is 2. The summed E-state index contributed by atoms with van der Waals surface area (Å²) in [5.74, 6) is -1.39. The van der Waals surface area contributed by atoms with E-state index < -0.39 is 12.0 Å². The Labute approximate surface area is 165 Å². The second-order valence-corrected chi connectivity index (χ2v) is 6.73. The number of carbonyl (C=O) groups excluding carboxylic acids is 3.